The molecule has 0 aliphatic heterocycles. The van der Waals surface area contributed by atoms with E-state index in [0.29, 0.717) is 23.2 Å². The summed E-state index contributed by atoms with van der Waals surface area (Å²) >= 11 is 11.4. The van der Waals surface area contributed by atoms with E-state index < -0.39 is 0 Å². The average Bonchev–Trinajstić information content (AvgIpc) is 3.22. The highest BCUT2D eigenvalue weighted by molar-refractivity contribution is 7.80. The molecule has 4 nitrogen and oxygen atoms in total. The summed E-state index contributed by atoms with van der Waals surface area (Å²) in [4.78, 5) is 1.97. The van der Waals surface area contributed by atoms with Gasteiger partial charge in [0.05, 0.1) is 25.6 Å². The molecule has 1 N–H and O–H groups in total. The maximum atomic E-state index is 5.90. The zero-order valence-electron chi connectivity index (χ0n) is 12.2. The minimum absolute atomic E-state index is 0.549. The van der Waals surface area contributed by atoms with Crippen molar-refractivity contribution in [2.45, 2.75) is 13.1 Å². The van der Waals surface area contributed by atoms with E-state index in [1.165, 1.54) is 0 Å². The SMILES string of the molecule is S=C(Nc1ccc(Cl)cc1)N(Cc1ccco1)Cc1ccco1. The highest BCUT2D eigenvalue weighted by Gasteiger charge is 2.14. The van der Waals surface area contributed by atoms with Crippen LogP contribution in [0.15, 0.2) is 69.9 Å². The van der Waals surface area contributed by atoms with Crippen LogP contribution in [-0.2, 0) is 13.1 Å². The number of thiocarbonyl (C=S) groups is 1. The number of hydrogen-bond acceptors (Lipinski definition) is 3. The maximum Gasteiger partial charge on any atom is 0.174 e. The molecule has 0 atom stereocenters. The zero-order chi connectivity index (χ0) is 16.1. The summed E-state index contributed by atoms with van der Waals surface area (Å²) in [6.45, 7) is 1.10. The molecule has 0 fully saturated rings. The van der Waals surface area contributed by atoms with Crippen LogP contribution in [0, 0.1) is 0 Å². The number of benzene rings is 1. The second kappa shape index (κ2) is 7.35. The molecule has 6 heteroatoms. The van der Waals surface area contributed by atoms with Crippen LogP contribution in [0.3, 0.4) is 0 Å². The second-order valence-electron chi connectivity index (χ2n) is 4.95. The molecule has 1 aromatic carbocycles. The van der Waals surface area contributed by atoms with Gasteiger partial charge < -0.3 is 19.1 Å². The van der Waals surface area contributed by atoms with Crippen LogP contribution in [0.1, 0.15) is 11.5 Å². The van der Waals surface area contributed by atoms with E-state index in [4.69, 9.17) is 32.7 Å². The standard InChI is InChI=1S/C17H15ClN2O2S/c18-13-5-7-14(8-6-13)19-17(23)20(11-15-3-1-9-21-15)12-16-4-2-10-22-16/h1-10H,11-12H2,(H,19,23). The van der Waals surface area contributed by atoms with Crippen LogP contribution in [0.4, 0.5) is 5.69 Å². The molecule has 0 unspecified atom stereocenters. The van der Waals surface area contributed by atoms with Crippen molar-refractivity contribution < 1.29 is 8.83 Å². The Morgan fingerprint density at radius 1 is 0.957 bits per heavy atom. The number of halogens is 1. The molecule has 0 saturated carbocycles. The van der Waals surface area contributed by atoms with Crippen LogP contribution in [-0.4, -0.2) is 10.0 Å². The molecule has 2 heterocycles. The first-order valence-electron chi connectivity index (χ1n) is 7.07. The molecule has 3 aromatic rings. The first kappa shape index (κ1) is 15.6. The van der Waals surface area contributed by atoms with E-state index in [1.54, 1.807) is 12.5 Å². The Morgan fingerprint density at radius 2 is 1.52 bits per heavy atom. The summed E-state index contributed by atoms with van der Waals surface area (Å²) in [5.41, 5.74) is 0.878. The number of furan rings is 2. The smallest absolute Gasteiger partial charge is 0.174 e. The summed E-state index contributed by atoms with van der Waals surface area (Å²) < 4.78 is 10.8. The molecule has 0 amide bonds. The predicted octanol–water partition coefficient (Wildman–Crippen LogP) is 4.93. The third kappa shape index (κ3) is 4.37. The van der Waals surface area contributed by atoms with Gasteiger partial charge in [0.2, 0.25) is 0 Å². The van der Waals surface area contributed by atoms with Gasteiger partial charge in [-0.25, -0.2) is 0 Å². The number of rotatable bonds is 5. The van der Waals surface area contributed by atoms with Crippen molar-refractivity contribution in [1.29, 1.82) is 0 Å². The number of hydrogen-bond donors (Lipinski definition) is 1. The number of nitrogens with one attached hydrogen (secondary N) is 1. The Morgan fingerprint density at radius 3 is 2.00 bits per heavy atom. The van der Waals surface area contributed by atoms with Gasteiger partial charge in [-0.05, 0) is 60.7 Å². The molecule has 118 valence electrons. The lowest BCUT2D eigenvalue weighted by Gasteiger charge is -2.24. The fraction of sp³-hybridized carbons (Fsp3) is 0.118. The van der Waals surface area contributed by atoms with Gasteiger partial charge in [-0.1, -0.05) is 11.6 Å². The minimum atomic E-state index is 0.549. The quantitative estimate of drug-likeness (QED) is 0.664. The largest absolute Gasteiger partial charge is 0.467 e. The third-order valence-electron chi connectivity index (χ3n) is 3.24. The summed E-state index contributed by atoms with van der Waals surface area (Å²) in [5, 5.41) is 4.48. The van der Waals surface area contributed by atoms with Crippen molar-refractivity contribution in [3.8, 4) is 0 Å². The van der Waals surface area contributed by atoms with Gasteiger partial charge in [-0.15, -0.1) is 0 Å². The minimum Gasteiger partial charge on any atom is -0.467 e. The van der Waals surface area contributed by atoms with Gasteiger partial charge in [-0.2, -0.15) is 0 Å². The van der Waals surface area contributed by atoms with E-state index in [0.717, 1.165) is 17.2 Å². The first-order valence-corrected chi connectivity index (χ1v) is 7.85. The van der Waals surface area contributed by atoms with Crippen LogP contribution in [0.2, 0.25) is 5.02 Å². The Labute approximate surface area is 144 Å². The molecule has 23 heavy (non-hydrogen) atoms. The van der Waals surface area contributed by atoms with E-state index >= 15 is 0 Å². The summed E-state index contributed by atoms with van der Waals surface area (Å²) in [5.74, 6) is 1.66. The number of nitrogens with zero attached hydrogens (tertiary/aromatic N) is 1. The van der Waals surface area contributed by atoms with Crippen LogP contribution in [0.5, 0.6) is 0 Å². The zero-order valence-corrected chi connectivity index (χ0v) is 13.8. The molecule has 0 saturated heterocycles. The normalized spacial score (nSPS) is 10.5. The Kier molecular flexibility index (Phi) is 5.00. The van der Waals surface area contributed by atoms with E-state index in [9.17, 15) is 0 Å². The molecular weight excluding hydrogens is 332 g/mol. The Hall–Kier alpha value is -2.24. The molecule has 2 aromatic heterocycles. The van der Waals surface area contributed by atoms with E-state index in [-0.39, 0.29) is 0 Å². The van der Waals surface area contributed by atoms with Crippen molar-refractivity contribution in [3.63, 3.8) is 0 Å². The fourth-order valence-electron chi connectivity index (χ4n) is 2.12. The summed E-state index contributed by atoms with van der Waals surface area (Å²) in [6, 6.07) is 14.9. The van der Waals surface area contributed by atoms with Crippen molar-refractivity contribution in [2.24, 2.45) is 0 Å². The Balaban J connectivity index is 1.73. The highest BCUT2D eigenvalue weighted by Crippen LogP contribution is 2.16. The van der Waals surface area contributed by atoms with Crippen molar-refractivity contribution >= 4 is 34.6 Å². The summed E-state index contributed by atoms with van der Waals surface area (Å²) in [6.07, 6.45) is 3.30. The summed E-state index contributed by atoms with van der Waals surface area (Å²) in [7, 11) is 0. The monoisotopic (exact) mass is 346 g/mol. The molecule has 0 radical (unpaired) electrons. The topological polar surface area (TPSA) is 41.5 Å². The molecule has 0 bridgehead atoms. The molecule has 0 spiro atoms. The van der Waals surface area contributed by atoms with Crippen LogP contribution < -0.4 is 5.32 Å². The van der Waals surface area contributed by atoms with Gasteiger partial charge in [0.1, 0.15) is 11.5 Å². The van der Waals surface area contributed by atoms with Crippen LogP contribution >= 0.6 is 23.8 Å². The molecular formula is C17H15ClN2O2S. The lowest BCUT2D eigenvalue weighted by molar-refractivity contribution is 0.329. The lowest BCUT2D eigenvalue weighted by Crippen LogP contribution is -2.33. The first-order chi connectivity index (χ1) is 11.2. The molecule has 3 rings (SSSR count). The lowest BCUT2D eigenvalue weighted by atomic mass is 10.3. The third-order valence-corrected chi connectivity index (χ3v) is 3.85. The van der Waals surface area contributed by atoms with Gasteiger partial charge in [0.25, 0.3) is 0 Å². The second-order valence-corrected chi connectivity index (χ2v) is 5.77. The van der Waals surface area contributed by atoms with Crippen molar-refractivity contribution in [3.05, 3.63) is 77.6 Å². The van der Waals surface area contributed by atoms with Gasteiger partial charge in [0.15, 0.2) is 5.11 Å². The van der Waals surface area contributed by atoms with Crippen LogP contribution in [0.25, 0.3) is 0 Å². The predicted molar refractivity (Wildman–Crippen MR) is 94.3 cm³/mol. The van der Waals surface area contributed by atoms with Gasteiger partial charge in [-0.3, -0.25) is 0 Å². The Bertz CT molecular complexity index is 703. The van der Waals surface area contributed by atoms with Crippen molar-refractivity contribution in [1.82, 2.24) is 4.90 Å². The van der Waals surface area contributed by atoms with Gasteiger partial charge in [0, 0.05) is 10.7 Å². The maximum absolute atomic E-state index is 5.90. The van der Waals surface area contributed by atoms with E-state index in [2.05, 4.69) is 5.32 Å². The van der Waals surface area contributed by atoms with Gasteiger partial charge >= 0.3 is 0 Å². The fourth-order valence-corrected chi connectivity index (χ4v) is 2.49. The van der Waals surface area contributed by atoms with Crippen molar-refractivity contribution in [2.75, 3.05) is 5.32 Å². The number of anilines is 1. The molecule has 0 aliphatic carbocycles. The average molecular weight is 347 g/mol. The van der Waals surface area contributed by atoms with E-state index in [1.807, 2.05) is 53.4 Å². The highest BCUT2D eigenvalue weighted by atomic mass is 35.5. The molecule has 0 aliphatic rings.